The maximum atomic E-state index is 4.72. The summed E-state index contributed by atoms with van der Waals surface area (Å²) in [6.07, 6.45) is 14.9. The quantitative estimate of drug-likeness (QED) is 0.0692. The molecule has 12 heterocycles. The first-order valence-electron chi connectivity index (χ1n) is 46.0. The molecule has 0 unspecified atom stereocenters. The molecule has 0 radical (unpaired) electrons. The predicted octanol–water partition coefficient (Wildman–Crippen LogP) is 21.5. The molecule has 12 nitrogen and oxygen atoms in total. The molecule has 0 aliphatic carbocycles. The fourth-order valence-corrected chi connectivity index (χ4v) is 18.5. The van der Waals surface area contributed by atoms with Crippen LogP contribution in [0.25, 0.3) is 155 Å². The van der Waals surface area contributed by atoms with Gasteiger partial charge in [0.2, 0.25) is 26.9 Å². The number of aryl methyl sites for hydroxylation is 4. The van der Waals surface area contributed by atoms with Crippen molar-refractivity contribution in [2.24, 2.45) is 0 Å². The average Bonchev–Trinajstić information content (AvgIpc) is 1.87. The van der Waals surface area contributed by atoms with Crippen LogP contribution in [0, 0.1) is 76.2 Å². The number of rotatable bonds is 16. The number of aromatic nitrogens is 12. The second-order valence-electron chi connectivity index (χ2n) is 34.7. The molecule has 0 saturated carbocycles. The van der Waals surface area contributed by atoms with Crippen LogP contribution in [-0.4, -0.2) is 85.0 Å². The molecule has 0 aliphatic rings. The summed E-state index contributed by atoms with van der Waals surface area (Å²) in [5.41, 5.74) is 30.0. The topological polar surface area (TPSA) is 123 Å². The van der Waals surface area contributed by atoms with Gasteiger partial charge in [-0.2, -0.15) is 119 Å². The largest absolute Gasteiger partial charge is 2.00 e. The average molecular weight is 2520 g/mol. The van der Waals surface area contributed by atoms with Crippen LogP contribution in [0.2, 0.25) is 27.3 Å². The minimum Gasteiger partial charge on any atom is -0.314 e. The smallest absolute Gasteiger partial charge is 0.314 e. The van der Waals surface area contributed by atoms with Crippen molar-refractivity contribution in [3.05, 3.63) is 460 Å². The Hall–Kier alpha value is -13.9. The predicted molar refractivity (Wildman–Crippen MR) is 566 cm³/mol. The fourth-order valence-electron chi connectivity index (χ4n) is 18.5. The third-order valence-electron chi connectivity index (χ3n) is 25.7. The number of benzene rings is 12. The van der Waals surface area contributed by atoms with Gasteiger partial charge in [0.05, 0.1) is 0 Å². The Balaban J connectivity index is 0.000000128. The minimum absolute atomic E-state index is 0. The number of hydrogen-bond acceptors (Lipinski definition) is 8. The molecule has 12 aromatic heterocycles. The maximum Gasteiger partial charge on any atom is 2.00 e. The summed E-state index contributed by atoms with van der Waals surface area (Å²) in [6, 6.07) is 147. The minimum atomic E-state index is 0. The second kappa shape index (κ2) is 43.6. The van der Waals surface area contributed by atoms with E-state index in [1.807, 2.05) is 116 Å². The van der Waals surface area contributed by atoms with Crippen molar-refractivity contribution in [3.8, 4) is 67.8 Å². The van der Waals surface area contributed by atoms with Crippen LogP contribution in [0.5, 0.6) is 0 Å². The van der Waals surface area contributed by atoms with Crippen molar-refractivity contribution in [1.82, 2.24) is 58.1 Å². The van der Waals surface area contributed by atoms with E-state index in [2.05, 4.69) is 425 Å². The van der Waals surface area contributed by atoms with Gasteiger partial charge in [0.25, 0.3) is 0 Å². The molecule has 0 bridgehead atoms. The number of nitrogens with zero attached hydrogens (tertiary/aromatic N) is 12. The maximum absolute atomic E-state index is 4.72. The summed E-state index contributed by atoms with van der Waals surface area (Å²) in [5, 5.41) is 9.47. The van der Waals surface area contributed by atoms with Gasteiger partial charge < -0.3 is 18.3 Å². The standard InChI is InChI=1S/4C30H22BN3.4Pt/c1-21-9-8-18-33-30(21)34-27-13-4-3-12-25(27)26-16-15-23(20-28(26)34)22-10-7-11-24(19-22)31(2)29-14-5-6-17-32-29;1-21-13-16-30(33-20-21)34-27-11-4-3-10-25(27)26-15-14-23(19-28(26)34)22-8-7-9-24(18-22)31(2)29-12-5-6-17-32-29;2*1-21-15-17-33-30(18-21)34-27-11-4-3-10-25(27)26-14-13-23(20-28(26)34)22-8-7-9-24(19-22)31(2)29-12-5-6-16-32-29;;;;/h3-18H,1-2H3;3-17,20H,1-2H3;2*3-18H,1-2H3;;;;/q4*-2;4*+2. The van der Waals surface area contributed by atoms with Crippen LogP contribution in [-0.2, 0) is 84.3 Å². The van der Waals surface area contributed by atoms with E-state index >= 15 is 0 Å². The normalized spacial score (nSPS) is 10.9. The van der Waals surface area contributed by atoms with Crippen molar-refractivity contribution in [2.75, 3.05) is 0 Å². The van der Waals surface area contributed by atoms with Crippen molar-refractivity contribution in [2.45, 2.75) is 55.0 Å². The van der Waals surface area contributed by atoms with Gasteiger partial charge in [-0.3, -0.25) is 19.9 Å². The third-order valence-corrected chi connectivity index (χ3v) is 25.7. The SMILES string of the molecule is CB(c1[c-]c(-c2[c-]c3c(cc2)c2ccccc2n3-c2cc(C)ccn2)ccc1)c1ccccn1.CB(c1[c-]c(-c2[c-]c3c(cc2)c2ccccc2n3-c2cc(C)ccn2)ccc1)c1ccccn1.CB(c1[c-]c(-c2[c-]c3c(cc2)c2ccccc2n3-c2ccc(C)cn2)ccc1)c1ccccn1.CB(c1[c-]c(-c2[c-]c3c(cc2)c2ccccc2n3-c2ncccc2C)ccc1)c1ccccn1.[Pt+2].[Pt+2].[Pt+2].[Pt+2]. The fraction of sp³-hybridized carbons (Fsp3) is 0.0667. The molecule has 20 heteroatoms. The molecule has 680 valence electrons. The number of hydrogen-bond donors (Lipinski definition) is 0. The van der Waals surface area contributed by atoms with Gasteiger partial charge in [-0.25, -0.2) is 88.7 Å². The second-order valence-corrected chi connectivity index (χ2v) is 34.7. The van der Waals surface area contributed by atoms with Gasteiger partial charge in [-0.15, -0.1) is 48.5 Å². The molecule has 0 N–H and O–H groups in total. The van der Waals surface area contributed by atoms with Crippen LogP contribution in [0.15, 0.2) is 389 Å². The molecule has 0 spiro atoms. The van der Waals surface area contributed by atoms with E-state index in [0.717, 1.165) is 167 Å². The van der Waals surface area contributed by atoms with E-state index in [-0.39, 0.29) is 111 Å². The van der Waals surface area contributed by atoms with Gasteiger partial charge in [0.1, 0.15) is 23.3 Å². The molecule has 12 aromatic carbocycles. The molecular formula is C120H88B4N12Pt4. The zero-order valence-corrected chi connectivity index (χ0v) is 87.0. The molecule has 24 rings (SSSR count). The van der Waals surface area contributed by atoms with Crippen molar-refractivity contribution in [3.63, 3.8) is 0 Å². The molecule has 0 saturated heterocycles. The molecule has 0 fully saturated rings. The van der Waals surface area contributed by atoms with E-state index in [0.29, 0.717) is 0 Å². The Kier molecular flexibility index (Phi) is 30.4. The Morgan fingerprint density at radius 1 is 0.207 bits per heavy atom. The van der Waals surface area contributed by atoms with Crippen molar-refractivity contribution in [1.29, 1.82) is 0 Å². The van der Waals surface area contributed by atoms with E-state index in [9.17, 15) is 0 Å². The Morgan fingerprint density at radius 3 is 0.800 bits per heavy atom. The molecule has 24 aromatic rings. The first kappa shape index (κ1) is 97.7. The molecule has 140 heavy (non-hydrogen) atoms. The Labute approximate surface area is 875 Å². The van der Waals surface area contributed by atoms with Gasteiger partial charge in [0, 0.05) is 94.0 Å². The Morgan fingerprint density at radius 2 is 0.500 bits per heavy atom. The summed E-state index contributed by atoms with van der Waals surface area (Å²) in [5.74, 6) is 3.64. The summed E-state index contributed by atoms with van der Waals surface area (Å²) in [7, 11) is 0. The van der Waals surface area contributed by atoms with E-state index in [4.69, 9.17) is 9.97 Å². The molecule has 0 atom stereocenters. The van der Waals surface area contributed by atoms with Gasteiger partial charge in [0.15, 0.2) is 0 Å². The van der Waals surface area contributed by atoms with Gasteiger partial charge in [-0.05, 0) is 203 Å². The van der Waals surface area contributed by atoms with E-state index < -0.39 is 0 Å². The summed E-state index contributed by atoms with van der Waals surface area (Å²) in [4.78, 5) is 37.0. The van der Waals surface area contributed by atoms with Crippen LogP contribution in [0.4, 0.5) is 0 Å². The van der Waals surface area contributed by atoms with Crippen LogP contribution in [0.3, 0.4) is 0 Å². The first-order valence-corrected chi connectivity index (χ1v) is 46.0. The van der Waals surface area contributed by atoms with Crippen molar-refractivity contribution >= 4 is 158 Å². The third kappa shape index (κ3) is 19.9. The van der Waals surface area contributed by atoms with E-state index in [1.165, 1.54) is 54.2 Å². The van der Waals surface area contributed by atoms with Crippen LogP contribution in [0.1, 0.15) is 22.3 Å². The summed E-state index contributed by atoms with van der Waals surface area (Å²) >= 11 is 0. The number of para-hydroxylation sites is 4. The van der Waals surface area contributed by atoms with Gasteiger partial charge in [-0.1, -0.05) is 158 Å². The van der Waals surface area contributed by atoms with Crippen LogP contribution >= 0.6 is 0 Å². The van der Waals surface area contributed by atoms with Gasteiger partial charge >= 0.3 is 84.3 Å². The Bertz CT molecular complexity index is 8290. The summed E-state index contributed by atoms with van der Waals surface area (Å²) in [6.45, 7) is 17.7. The summed E-state index contributed by atoms with van der Waals surface area (Å²) < 4.78 is 8.85. The number of fused-ring (bicyclic) bond motifs is 12. The van der Waals surface area contributed by atoms with Crippen molar-refractivity contribution < 1.29 is 84.3 Å². The van der Waals surface area contributed by atoms with Crippen LogP contribution < -0.4 is 44.2 Å². The van der Waals surface area contributed by atoms with E-state index in [1.54, 1.807) is 0 Å². The monoisotopic (exact) mass is 2520 g/mol. The zero-order chi connectivity index (χ0) is 92.3. The molecule has 0 amide bonds. The number of pyridine rings is 8. The molecular weight excluding hydrogens is 2430 g/mol. The zero-order valence-electron chi connectivity index (χ0n) is 77.9. The molecule has 0 aliphatic heterocycles. The first-order chi connectivity index (χ1) is 66.8.